The van der Waals surface area contributed by atoms with E-state index >= 15 is 0 Å². The first-order valence-corrected chi connectivity index (χ1v) is 12.5. The molecule has 2 aliphatic rings. The van der Waals surface area contributed by atoms with Crippen molar-refractivity contribution in [1.29, 1.82) is 0 Å². The number of benzene rings is 1. The first-order valence-electron chi connectivity index (χ1n) is 12.5. The molecule has 0 amide bonds. The normalized spacial score (nSPS) is 22.0. The molecule has 0 radical (unpaired) electrons. The quantitative estimate of drug-likeness (QED) is 0.303. The molecule has 2 atom stereocenters. The van der Waals surface area contributed by atoms with Crippen molar-refractivity contribution in [3.8, 4) is 5.75 Å². The van der Waals surface area contributed by atoms with Gasteiger partial charge in [-0.3, -0.25) is 14.6 Å². The Bertz CT molecular complexity index is 928. The standard InChI is InChI=1S/C28H39NO4/c1-6-8-12-16-33-27(31)24-19(3)29-21-17-28(4,5)18-22(30)26(21)25(24)20-13-10-11-14-23(20)32-15-9-7-2/h10-11,13-14,24-25H,6-9,12,15-18H2,1-5H3/t24?,25-/m1/s1. The van der Waals surface area contributed by atoms with Crippen molar-refractivity contribution in [2.45, 2.75) is 85.5 Å². The van der Waals surface area contributed by atoms with Gasteiger partial charge in [0.1, 0.15) is 11.7 Å². The summed E-state index contributed by atoms with van der Waals surface area (Å²) in [7, 11) is 0. The predicted molar refractivity (Wildman–Crippen MR) is 132 cm³/mol. The van der Waals surface area contributed by atoms with Crippen LogP contribution in [0.4, 0.5) is 0 Å². The van der Waals surface area contributed by atoms with Crippen LogP contribution in [-0.4, -0.2) is 30.7 Å². The van der Waals surface area contributed by atoms with Crippen LogP contribution in [0.25, 0.3) is 0 Å². The third-order valence-corrected chi connectivity index (χ3v) is 6.56. The summed E-state index contributed by atoms with van der Waals surface area (Å²) in [5, 5.41) is 0. The molecule has 1 heterocycles. The lowest BCUT2D eigenvalue weighted by molar-refractivity contribution is -0.146. The van der Waals surface area contributed by atoms with E-state index in [1.54, 1.807) is 0 Å². The van der Waals surface area contributed by atoms with Gasteiger partial charge in [-0.15, -0.1) is 0 Å². The van der Waals surface area contributed by atoms with Gasteiger partial charge in [-0.2, -0.15) is 0 Å². The average molecular weight is 454 g/mol. The summed E-state index contributed by atoms with van der Waals surface area (Å²) < 4.78 is 11.8. The van der Waals surface area contributed by atoms with Gasteiger partial charge in [-0.05, 0) is 37.7 Å². The van der Waals surface area contributed by atoms with Gasteiger partial charge in [0.25, 0.3) is 0 Å². The van der Waals surface area contributed by atoms with E-state index in [9.17, 15) is 9.59 Å². The van der Waals surface area contributed by atoms with Gasteiger partial charge >= 0.3 is 5.97 Å². The number of aliphatic imine (C=N–C) groups is 1. The Morgan fingerprint density at radius 1 is 1.06 bits per heavy atom. The molecule has 0 bridgehead atoms. The molecular weight excluding hydrogens is 414 g/mol. The number of Topliss-reactive ketones (excluding diaryl/α,β-unsaturated/α-hetero) is 1. The maximum atomic E-state index is 13.5. The lowest BCUT2D eigenvalue weighted by atomic mass is 9.66. The number of rotatable bonds is 10. The van der Waals surface area contributed by atoms with Gasteiger partial charge in [0.2, 0.25) is 0 Å². The molecule has 5 nitrogen and oxygen atoms in total. The summed E-state index contributed by atoms with van der Waals surface area (Å²) in [6.45, 7) is 11.3. The minimum absolute atomic E-state index is 0.0784. The number of carbonyl (C=O) groups excluding carboxylic acids is 2. The molecule has 0 aromatic heterocycles. The topological polar surface area (TPSA) is 65.0 Å². The van der Waals surface area contributed by atoms with Gasteiger partial charge in [0.05, 0.1) is 13.2 Å². The summed E-state index contributed by atoms with van der Waals surface area (Å²) in [5.74, 6) is -0.539. The Hall–Kier alpha value is -2.43. The molecule has 3 rings (SSSR count). The summed E-state index contributed by atoms with van der Waals surface area (Å²) in [4.78, 5) is 31.6. The van der Waals surface area contributed by atoms with Gasteiger partial charge in [0.15, 0.2) is 5.78 Å². The van der Waals surface area contributed by atoms with E-state index in [4.69, 9.17) is 14.5 Å². The van der Waals surface area contributed by atoms with Crippen molar-refractivity contribution >= 4 is 17.5 Å². The van der Waals surface area contributed by atoms with Crippen LogP contribution in [0, 0.1) is 11.3 Å². The van der Waals surface area contributed by atoms with Crippen molar-refractivity contribution in [2.75, 3.05) is 13.2 Å². The monoisotopic (exact) mass is 453 g/mol. The molecular formula is C28H39NO4. The zero-order valence-electron chi connectivity index (χ0n) is 20.9. The second kappa shape index (κ2) is 11.1. The van der Waals surface area contributed by atoms with Crippen molar-refractivity contribution in [2.24, 2.45) is 16.3 Å². The zero-order valence-corrected chi connectivity index (χ0v) is 20.9. The minimum atomic E-state index is -0.619. The first kappa shape index (κ1) is 25.2. The molecule has 1 aromatic rings. The Balaban J connectivity index is 2.04. The summed E-state index contributed by atoms with van der Waals surface area (Å²) in [5.41, 5.74) is 2.93. The maximum Gasteiger partial charge on any atom is 0.315 e. The van der Waals surface area contributed by atoms with Crippen LogP contribution >= 0.6 is 0 Å². The molecule has 0 N–H and O–H groups in total. The van der Waals surface area contributed by atoms with Crippen molar-refractivity contribution in [3.05, 3.63) is 41.1 Å². The van der Waals surface area contributed by atoms with Gasteiger partial charge < -0.3 is 9.47 Å². The first-order chi connectivity index (χ1) is 15.8. The van der Waals surface area contributed by atoms with Crippen LogP contribution in [0.2, 0.25) is 0 Å². The second-order valence-electron chi connectivity index (χ2n) is 10.1. The Labute approximate surface area is 198 Å². The number of unbranched alkanes of at least 4 members (excludes halogenated alkanes) is 3. The number of ether oxygens (including phenoxy) is 2. The molecule has 0 saturated heterocycles. The highest BCUT2D eigenvalue weighted by Gasteiger charge is 2.46. The maximum absolute atomic E-state index is 13.5. The number of para-hydroxylation sites is 1. The fraction of sp³-hybridized carbons (Fsp3) is 0.607. The van der Waals surface area contributed by atoms with Gasteiger partial charge in [-0.25, -0.2) is 0 Å². The molecule has 1 aliphatic heterocycles. The Morgan fingerprint density at radius 2 is 1.79 bits per heavy atom. The van der Waals surface area contributed by atoms with E-state index in [1.165, 1.54) is 0 Å². The summed E-state index contributed by atoms with van der Waals surface area (Å²) in [6.07, 6.45) is 6.08. The van der Waals surface area contributed by atoms with E-state index in [0.29, 0.717) is 30.9 Å². The molecule has 0 spiro atoms. The molecule has 1 unspecified atom stereocenters. The number of ketones is 1. The highest BCUT2D eigenvalue weighted by Crippen LogP contribution is 2.49. The number of esters is 1. The van der Waals surface area contributed by atoms with Gasteiger partial charge in [0, 0.05) is 34.9 Å². The van der Waals surface area contributed by atoms with Crippen molar-refractivity contribution in [3.63, 3.8) is 0 Å². The fourth-order valence-electron chi connectivity index (χ4n) is 4.90. The van der Waals surface area contributed by atoms with Crippen LogP contribution in [0.1, 0.15) is 91.0 Å². The SMILES string of the molecule is CCCCCOC(=O)C1C(C)=NC2=C(C(=O)CC(C)(C)C2)[C@@H]1c1ccccc1OCCCC. The smallest absolute Gasteiger partial charge is 0.315 e. The zero-order chi connectivity index (χ0) is 24.0. The number of carbonyl (C=O) groups is 2. The van der Waals surface area contributed by atoms with Crippen LogP contribution in [-0.2, 0) is 14.3 Å². The van der Waals surface area contributed by atoms with Crippen molar-refractivity contribution in [1.82, 2.24) is 0 Å². The number of allylic oxidation sites excluding steroid dienone is 2. The lowest BCUT2D eigenvalue weighted by Gasteiger charge is -2.39. The van der Waals surface area contributed by atoms with Crippen LogP contribution in [0.3, 0.4) is 0 Å². The van der Waals surface area contributed by atoms with E-state index < -0.39 is 11.8 Å². The average Bonchev–Trinajstić information content (AvgIpc) is 2.75. The van der Waals surface area contributed by atoms with Crippen LogP contribution in [0.5, 0.6) is 5.75 Å². The molecule has 0 saturated carbocycles. The molecule has 33 heavy (non-hydrogen) atoms. The summed E-state index contributed by atoms with van der Waals surface area (Å²) in [6, 6.07) is 7.81. The highest BCUT2D eigenvalue weighted by atomic mass is 16.5. The minimum Gasteiger partial charge on any atom is -0.493 e. The van der Waals surface area contributed by atoms with E-state index in [-0.39, 0.29) is 17.2 Å². The molecule has 0 fully saturated rings. The Kier molecular flexibility index (Phi) is 8.50. The van der Waals surface area contributed by atoms with E-state index in [0.717, 1.165) is 55.5 Å². The second-order valence-corrected chi connectivity index (χ2v) is 10.1. The molecule has 5 heteroatoms. The molecule has 1 aliphatic carbocycles. The molecule has 1 aromatic carbocycles. The summed E-state index contributed by atoms with van der Waals surface area (Å²) >= 11 is 0. The van der Waals surface area contributed by atoms with Gasteiger partial charge in [-0.1, -0.05) is 65.2 Å². The molecule has 180 valence electrons. The number of hydrogen-bond donors (Lipinski definition) is 0. The predicted octanol–water partition coefficient (Wildman–Crippen LogP) is 6.42. The number of hydrogen-bond acceptors (Lipinski definition) is 5. The van der Waals surface area contributed by atoms with Crippen LogP contribution in [0.15, 0.2) is 40.5 Å². The van der Waals surface area contributed by atoms with Crippen molar-refractivity contribution < 1.29 is 19.1 Å². The largest absolute Gasteiger partial charge is 0.493 e. The third kappa shape index (κ3) is 5.93. The lowest BCUT2D eigenvalue weighted by Crippen LogP contribution is -2.39. The van der Waals surface area contributed by atoms with Crippen LogP contribution < -0.4 is 4.74 Å². The van der Waals surface area contributed by atoms with E-state index in [2.05, 4.69) is 27.7 Å². The third-order valence-electron chi connectivity index (χ3n) is 6.56. The fourth-order valence-corrected chi connectivity index (χ4v) is 4.90. The van der Waals surface area contributed by atoms with E-state index in [1.807, 2.05) is 31.2 Å². The Morgan fingerprint density at radius 3 is 2.52 bits per heavy atom. The highest BCUT2D eigenvalue weighted by molar-refractivity contribution is 6.09. The number of nitrogens with zero attached hydrogens (tertiary/aromatic N) is 1.